The first-order valence-electron chi connectivity index (χ1n) is 13.6. The minimum Gasteiger partial charge on any atom is -0.494 e. The van der Waals surface area contributed by atoms with Gasteiger partial charge in [-0.05, 0) is 68.2 Å². The van der Waals surface area contributed by atoms with Crippen LogP contribution in [-0.4, -0.2) is 55.3 Å². The molecule has 2 atom stereocenters. The van der Waals surface area contributed by atoms with Crippen LogP contribution in [0.2, 0.25) is 0 Å². The summed E-state index contributed by atoms with van der Waals surface area (Å²) in [6.45, 7) is 2.49. The molecule has 0 radical (unpaired) electrons. The SMILES string of the molecule is CN/C=C1/C=C(C(=O)NCC(c2cc3c(c(-c4ccc(F)cc4)n2)OC[C@]3(C)N(N)/C=N\N)C2CC2)C=C(OC)C1=N. The maximum atomic E-state index is 13.8. The molecule has 1 aromatic carbocycles. The van der Waals surface area contributed by atoms with Crippen LogP contribution in [0.1, 0.15) is 36.9 Å². The number of methoxy groups -OCH3 is 1. The maximum Gasteiger partial charge on any atom is 0.251 e. The zero-order valence-corrected chi connectivity index (χ0v) is 23.8. The molecule has 1 amide bonds. The van der Waals surface area contributed by atoms with Crippen molar-refractivity contribution in [2.24, 2.45) is 22.7 Å². The second kappa shape index (κ2) is 11.6. The average molecular weight is 575 g/mol. The fraction of sp³-hybridized carbons (Fsp3) is 0.333. The number of aromatic nitrogens is 1. The summed E-state index contributed by atoms with van der Waals surface area (Å²) in [6, 6.07) is 8.08. The van der Waals surface area contributed by atoms with Crippen LogP contribution in [0.15, 0.2) is 70.7 Å². The predicted molar refractivity (Wildman–Crippen MR) is 158 cm³/mol. The zero-order valence-electron chi connectivity index (χ0n) is 23.8. The molecule has 1 unspecified atom stereocenters. The fourth-order valence-electron chi connectivity index (χ4n) is 5.31. The van der Waals surface area contributed by atoms with Crippen LogP contribution in [0.25, 0.3) is 11.3 Å². The van der Waals surface area contributed by atoms with Gasteiger partial charge in [0.25, 0.3) is 5.91 Å². The van der Waals surface area contributed by atoms with Crippen molar-refractivity contribution < 1.29 is 18.7 Å². The Morgan fingerprint density at radius 3 is 2.74 bits per heavy atom. The van der Waals surface area contributed by atoms with E-state index >= 15 is 0 Å². The monoisotopic (exact) mass is 574 g/mol. The summed E-state index contributed by atoms with van der Waals surface area (Å²) in [6.07, 6.45) is 8.21. The second-order valence-electron chi connectivity index (χ2n) is 10.7. The molecule has 2 heterocycles. The molecule has 3 aliphatic rings. The number of hydrogen-bond donors (Lipinski definition) is 5. The van der Waals surface area contributed by atoms with E-state index < -0.39 is 5.54 Å². The molecule has 0 spiro atoms. The average Bonchev–Trinajstić information content (AvgIpc) is 3.77. The largest absolute Gasteiger partial charge is 0.494 e. The minimum absolute atomic E-state index is 0.0987. The number of nitrogens with two attached hydrogens (primary N) is 2. The van der Waals surface area contributed by atoms with Crippen LogP contribution in [0, 0.1) is 17.1 Å². The van der Waals surface area contributed by atoms with Crippen LogP contribution >= 0.6 is 0 Å². The van der Waals surface area contributed by atoms with Crippen LogP contribution in [0.4, 0.5) is 4.39 Å². The summed E-state index contributed by atoms with van der Waals surface area (Å²) in [4.78, 5) is 18.4. The number of ether oxygens (including phenoxy) is 2. The fourth-order valence-corrected chi connectivity index (χ4v) is 5.31. The van der Waals surface area contributed by atoms with E-state index in [0.717, 1.165) is 24.1 Å². The lowest BCUT2D eigenvalue weighted by Crippen LogP contribution is -2.49. The number of carbonyl (C=O) groups is 1. The van der Waals surface area contributed by atoms with Crippen molar-refractivity contribution in [3.63, 3.8) is 0 Å². The lowest BCUT2D eigenvalue weighted by Gasteiger charge is -2.32. The second-order valence-corrected chi connectivity index (χ2v) is 10.7. The van der Waals surface area contributed by atoms with E-state index in [1.54, 1.807) is 37.5 Å². The van der Waals surface area contributed by atoms with Crippen LogP contribution in [0.3, 0.4) is 0 Å². The van der Waals surface area contributed by atoms with Gasteiger partial charge in [-0.2, -0.15) is 5.10 Å². The summed E-state index contributed by atoms with van der Waals surface area (Å²) >= 11 is 0. The molecule has 7 N–H and O–H groups in total. The van der Waals surface area contributed by atoms with Crippen molar-refractivity contribution in [1.82, 2.24) is 20.6 Å². The molecular weight excluding hydrogens is 539 g/mol. The third-order valence-electron chi connectivity index (χ3n) is 7.92. The van der Waals surface area contributed by atoms with Crippen LogP contribution < -0.4 is 27.1 Å². The van der Waals surface area contributed by atoms with Gasteiger partial charge in [-0.3, -0.25) is 15.2 Å². The Labute approximate surface area is 243 Å². The Bertz CT molecular complexity index is 1510. The number of carbonyl (C=O) groups excluding carboxylic acids is 1. The van der Waals surface area contributed by atoms with Gasteiger partial charge in [0, 0.05) is 53.7 Å². The molecular formula is C30H35FN8O3. The third-order valence-corrected chi connectivity index (χ3v) is 7.92. The van der Waals surface area contributed by atoms with E-state index in [2.05, 4.69) is 15.7 Å². The third kappa shape index (κ3) is 5.45. The summed E-state index contributed by atoms with van der Waals surface area (Å²) in [5.74, 6) is 12.2. The number of benzene rings is 1. The Morgan fingerprint density at radius 2 is 2.10 bits per heavy atom. The van der Waals surface area contributed by atoms with Crippen molar-refractivity contribution in [3.05, 3.63) is 82.7 Å². The number of nitrogens with zero attached hydrogens (tertiary/aromatic N) is 3. The Hall–Kier alpha value is -4.71. The minimum atomic E-state index is -0.795. The molecule has 220 valence electrons. The van der Waals surface area contributed by atoms with Crippen molar-refractivity contribution in [2.45, 2.75) is 31.2 Å². The van der Waals surface area contributed by atoms with Crippen molar-refractivity contribution in [2.75, 3.05) is 27.3 Å². The van der Waals surface area contributed by atoms with Crippen molar-refractivity contribution in [1.29, 1.82) is 5.41 Å². The number of halogens is 1. The van der Waals surface area contributed by atoms with E-state index in [-0.39, 0.29) is 30.0 Å². The number of rotatable bonds is 10. The topological polar surface area (TPSA) is 164 Å². The maximum absolute atomic E-state index is 13.8. The Balaban J connectivity index is 1.50. The normalized spacial score (nSPS) is 21.4. The molecule has 42 heavy (non-hydrogen) atoms. The summed E-state index contributed by atoms with van der Waals surface area (Å²) in [5, 5.41) is 19.3. The number of hydrogen-bond acceptors (Lipinski definition) is 9. The quantitative estimate of drug-likeness (QED) is 0.125. The van der Waals surface area contributed by atoms with Gasteiger partial charge < -0.3 is 25.9 Å². The Morgan fingerprint density at radius 1 is 1.36 bits per heavy atom. The van der Waals surface area contributed by atoms with Gasteiger partial charge in [-0.25, -0.2) is 15.2 Å². The summed E-state index contributed by atoms with van der Waals surface area (Å²) in [7, 11) is 3.20. The van der Waals surface area contributed by atoms with Crippen LogP contribution in [0.5, 0.6) is 5.75 Å². The first kappa shape index (κ1) is 28.8. The highest BCUT2D eigenvalue weighted by Crippen LogP contribution is 2.48. The van der Waals surface area contributed by atoms with Crippen LogP contribution in [-0.2, 0) is 15.1 Å². The zero-order chi connectivity index (χ0) is 30.0. The van der Waals surface area contributed by atoms with Gasteiger partial charge in [0.05, 0.1) is 7.11 Å². The number of fused-ring (bicyclic) bond motifs is 1. The summed E-state index contributed by atoms with van der Waals surface area (Å²) < 4.78 is 25.3. The number of hydrazone groups is 1. The van der Waals surface area contributed by atoms with E-state index in [0.29, 0.717) is 46.4 Å². The van der Waals surface area contributed by atoms with Gasteiger partial charge >= 0.3 is 0 Å². The molecule has 12 heteroatoms. The van der Waals surface area contributed by atoms with E-state index in [9.17, 15) is 9.18 Å². The number of hydrazine groups is 1. The lowest BCUT2D eigenvalue weighted by molar-refractivity contribution is -0.117. The number of amides is 1. The van der Waals surface area contributed by atoms with E-state index in [1.165, 1.54) is 30.6 Å². The molecule has 1 aliphatic heterocycles. The molecule has 0 bridgehead atoms. The van der Waals surface area contributed by atoms with Gasteiger partial charge in [0.2, 0.25) is 0 Å². The molecule has 1 fully saturated rings. The van der Waals surface area contributed by atoms with E-state index in [4.69, 9.17) is 31.6 Å². The molecule has 5 rings (SSSR count). The molecule has 0 saturated heterocycles. The molecule has 2 aromatic rings. The van der Waals surface area contributed by atoms with E-state index in [1.807, 2.05) is 13.0 Å². The van der Waals surface area contributed by atoms with Gasteiger partial charge in [0.1, 0.15) is 41.5 Å². The number of pyridine rings is 1. The first-order chi connectivity index (χ1) is 20.2. The molecule has 1 aromatic heterocycles. The Kier molecular flexibility index (Phi) is 7.99. The summed E-state index contributed by atoms with van der Waals surface area (Å²) in [5.41, 5.74) is 3.16. The smallest absolute Gasteiger partial charge is 0.251 e. The molecule has 1 saturated carbocycles. The predicted octanol–water partition coefficient (Wildman–Crippen LogP) is 2.78. The highest BCUT2D eigenvalue weighted by atomic mass is 19.1. The molecule has 2 aliphatic carbocycles. The standard InChI is InChI=1S/C30H35FN8O3/c1-30(39(34)16-37-33)15-42-28-23(30)12-24(38-27(28)18-6-8-21(31)9-7-18)22(17-4-5-17)14-36-29(40)19-10-20(13-35-2)26(32)25(11-19)41-3/h6-13,16-17,22,32,35H,4-5,14-15,33-34H2,1-3H3,(H,36,40)/b20-13-,32-26?,37-16-/t22?,30-/m0/s1. The van der Waals surface area contributed by atoms with Gasteiger partial charge in [0.15, 0.2) is 5.75 Å². The highest BCUT2D eigenvalue weighted by molar-refractivity contribution is 6.15. The van der Waals surface area contributed by atoms with Crippen molar-refractivity contribution in [3.8, 4) is 17.0 Å². The van der Waals surface area contributed by atoms with Gasteiger partial charge in [-0.1, -0.05) is 0 Å². The number of allylic oxidation sites excluding steroid dienone is 2. The molecule has 11 nitrogen and oxygen atoms in total. The first-order valence-corrected chi connectivity index (χ1v) is 13.6. The number of nitrogens with one attached hydrogen (secondary N) is 3. The highest BCUT2D eigenvalue weighted by Gasteiger charge is 2.44. The van der Waals surface area contributed by atoms with Gasteiger partial charge in [-0.15, -0.1) is 0 Å². The lowest BCUT2D eigenvalue weighted by atomic mass is 9.89. The van der Waals surface area contributed by atoms with Crippen molar-refractivity contribution >= 4 is 18.0 Å².